The van der Waals surface area contributed by atoms with E-state index in [9.17, 15) is 15.3 Å². The predicted octanol–water partition coefficient (Wildman–Crippen LogP) is 5.96. The minimum absolute atomic E-state index is 0.129. The van der Waals surface area contributed by atoms with Crippen molar-refractivity contribution in [3.63, 3.8) is 0 Å². The molecule has 0 aromatic heterocycles. The van der Waals surface area contributed by atoms with Crippen LogP contribution in [0.15, 0.2) is 35.5 Å². The molecule has 0 bridgehead atoms. The van der Waals surface area contributed by atoms with Crippen LogP contribution in [0.25, 0.3) is 0 Å². The quantitative estimate of drug-likeness (QED) is 0.191. The lowest BCUT2D eigenvalue weighted by molar-refractivity contribution is -0.153. The molecule has 1 N–H and O–H groups in total. The Balaban J connectivity index is 1.80. The fourth-order valence-corrected chi connectivity index (χ4v) is 9.58. The highest BCUT2D eigenvalue weighted by molar-refractivity contribution is 6.79. The predicted molar refractivity (Wildman–Crippen MR) is 120 cm³/mol. The van der Waals surface area contributed by atoms with E-state index in [4.69, 9.17) is 16.2 Å². The van der Waals surface area contributed by atoms with Crippen LogP contribution in [-0.2, 0) is 9.37 Å². The number of allylic oxidation sites excluding steroid dienone is 5. The fourth-order valence-electron chi connectivity index (χ4n) is 7.24. The van der Waals surface area contributed by atoms with Crippen LogP contribution in [-0.4, -0.2) is 24.4 Å². The van der Waals surface area contributed by atoms with Crippen molar-refractivity contribution in [2.24, 2.45) is 28.1 Å². The Kier molecular flexibility index (Phi) is 5.07. The van der Waals surface area contributed by atoms with Gasteiger partial charge in [0.05, 0.1) is 16.5 Å². The zero-order valence-electron chi connectivity index (χ0n) is 18.4. The van der Waals surface area contributed by atoms with Crippen molar-refractivity contribution < 1.29 is 14.6 Å². The van der Waals surface area contributed by atoms with Gasteiger partial charge in [0, 0.05) is 11.8 Å². The maximum absolute atomic E-state index is 12.1. The van der Waals surface area contributed by atoms with Gasteiger partial charge in [-0.1, -0.05) is 37.6 Å². The number of nitrogens with zero attached hydrogens (tertiary/aromatic N) is 1. The smallest absolute Gasteiger partial charge is 0.251 e. The Labute approximate surface area is 185 Å². The van der Waals surface area contributed by atoms with Crippen molar-refractivity contribution in [3.05, 3.63) is 35.5 Å². The molecular formula is C24H32ClNO3Si. The maximum Gasteiger partial charge on any atom is 0.251 e. The van der Waals surface area contributed by atoms with Crippen LogP contribution in [0.1, 0.15) is 52.4 Å². The van der Waals surface area contributed by atoms with Gasteiger partial charge < -0.3 is 0 Å². The van der Waals surface area contributed by atoms with Crippen molar-refractivity contribution in [2.45, 2.75) is 70.5 Å². The Bertz CT molecular complexity index is 918. The van der Waals surface area contributed by atoms with Crippen LogP contribution in [0.2, 0.25) is 13.1 Å². The van der Waals surface area contributed by atoms with Gasteiger partial charge in [0.25, 0.3) is 8.32 Å². The molecule has 0 saturated heterocycles. The first-order valence-corrected chi connectivity index (χ1v) is 14.4. The van der Waals surface area contributed by atoms with E-state index in [-0.39, 0.29) is 16.6 Å². The third kappa shape index (κ3) is 2.67. The Morgan fingerprint density at radius 1 is 1.40 bits per heavy atom. The van der Waals surface area contributed by atoms with Crippen molar-refractivity contribution in [1.29, 1.82) is 5.26 Å². The minimum atomic E-state index is -2.66. The third-order valence-electron chi connectivity index (χ3n) is 9.05. The molecule has 0 radical (unpaired) electrons. The molecular weight excluding hydrogens is 414 g/mol. The fraction of sp³-hybridized carbons (Fsp3) is 0.667. The van der Waals surface area contributed by atoms with E-state index < -0.39 is 18.7 Å². The first kappa shape index (κ1) is 22.0. The number of hydrogen-bond acceptors (Lipinski definition) is 4. The van der Waals surface area contributed by atoms with E-state index in [0.29, 0.717) is 18.3 Å². The molecule has 0 spiro atoms. The highest BCUT2D eigenvalue weighted by atomic mass is 35.5. The third-order valence-corrected chi connectivity index (χ3v) is 13.2. The molecule has 0 aromatic carbocycles. The summed E-state index contributed by atoms with van der Waals surface area (Å²) in [5.74, 6) is 0.856. The van der Waals surface area contributed by atoms with Gasteiger partial charge in [-0.2, -0.15) is 5.26 Å². The van der Waals surface area contributed by atoms with E-state index in [1.807, 2.05) is 19.2 Å². The second-order valence-electron chi connectivity index (χ2n) is 10.8. The van der Waals surface area contributed by atoms with Gasteiger partial charge >= 0.3 is 0 Å². The topological polar surface area (TPSA) is 70.3 Å². The van der Waals surface area contributed by atoms with Crippen molar-refractivity contribution in [3.8, 4) is 6.07 Å². The normalized spacial score (nSPS) is 41.8. The highest BCUT2D eigenvalue weighted by Gasteiger charge is 2.67. The molecule has 4 rings (SSSR count). The number of carbonyl (C=O) groups excluding carboxylic acids is 1. The molecule has 6 atom stereocenters. The molecule has 0 heterocycles. The number of fused-ring (bicyclic) bond motifs is 5. The lowest BCUT2D eigenvalue weighted by Crippen LogP contribution is -2.57. The highest BCUT2D eigenvalue weighted by Crippen LogP contribution is 2.70. The number of ketones is 1. The first-order chi connectivity index (χ1) is 14.0. The zero-order chi connectivity index (χ0) is 22.1. The molecule has 4 aliphatic carbocycles. The van der Waals surface area contributed by atoms with Gasteiger partial charge in [-0.3, -0.25) is 14.6 Å². The van der Waals surface area contributed by atoms with E-state index in [1.165, 1.54) is 5.57 Å². The summed E-state index contributed by atoms with van der Waals surface area (Å²) in [6.07, 6.45) is 8.89. The number of carbonyl (C=O) groups is 1. The summed E-state index contributed by atoms with van der Waals surface area (Å²) in [6.45, 7) is 12.6. The number of halogens is 1. The number of nitriles is 1. The Morgan fingerprint density at radius 2 is 2.10 bits per heavy atom. The number of rotatable bonds is 3. The standard InChI is InChI=1S/C24H32ClNO3Si/c1-15-12-17-18(22(2)9-6-16(27)13-20(15)22)7-10-23(3)19(17)8-11-24(23,14-26)21(25)30(4,5)29-28/h7,13,17,19,21,28H,1,6,8-12H2,2-5H3/t17?,19?,21?,22-,23+,24-/m1/s1. The summed E-state index contributed by atoms with van der Waals surface area (Å²) in [5.41, 5.74) is 2.48. The first-order valence-electron chi connectivity index (χ1n) is 11.0. The number of alkyl halides is 1. The molecule has 2 saturated carbocycles. The van der Waals surface area contributed by atoms with E-state index in [0.717, 1.165) is 43.3 Å². The van der Waals surface area contributed by atoms with Crippen LogP contribution >= 0.6 is 11.6 Å². The van der Waals surface area contributed by atoms with E-state index >= 15 is 0 Å². The van der Waals surface area contributed by atoms with Crippen LogP contribution in [0.3, 0.4) is 0 Å². The Morgan fingerprint density at radius 3 is 2.73 bits per heavy atom. The summed E-state index contributed by atoms with van der Waals surface area (Å²) in [7, 11) is -2.66. The Hall–Kier alpha value is -1.19. The molecule has 2 fully saturated rings. The van der Waals surface area contributed by atoms with Crippen molar-refractivity contribution >= 4 is 25.7 Å². The van der Waals surface area contributed by atoms with Gasteiger partial charge in [-0.15, -0.1) is 11.6 Å². The molecule has 30 heavy (non-hydrogen) atoms. The molecule has 162 valence electrons. The van der Waals surface area contributed by atoms with Crippen LogP contribution < -0.4 is 0 Å². The molecule has 4 aliphatic rings. The number of hydrogen-bond donors (Lipinski definition) is 1. The van der Waals surface area contributed by atoms with E-state index in [2.05, 4.69) is 32.6 Å². The average molecular weight is 446 g/mol. The van der Waals surface area contributed by atoms with Crippen molar-refractivity contribution in [1.82, 2.24) is 0 Å². The summed E-state index contributed by atoms with van der Waals surface area (Å²) in [4.78, 5) is 12.1. The molecule has 0 aromatic rings. The average Bonchev–Trinajstić information content (AvgIpc) is 3.02. The lowest BCUT2D eigenvalue weighted by atomic mass is 9.49. The van der Waals surface area contributed by atoms with Crippen LogP contribution in [0.5, 0.6) is 0 Å². The zero-order valence-corrected chi connectivity index (χ0v) is 20.2. The maximum atomic E-state index is 12.1. The monoisotopic (exact) mass is 445 g/mol. The van der Waals surface area contributed by atoms with Gasteiger partial charge in [0.2, 0.25) is 0 Å². The second kappa shape index (κ2) is 6.90. The minimum Gasteiger partial charge on any atom is -0.295 e. The van der Waals surface area contributed by atoms with Gasteiger partial charge in [-0.25, -0.2) is 0 Å². The molecule has 0 amide bonds. The van der Waals surface area contributed by atoms with Gasteiger partial charge in [-0.05, 0) is 74.1 Å². The summed E-state index contributed by atoms with van der Waals surface area (Å²) in [5, 5.41) is 19.5. The molecule has 4 nitrogen and oxygen atoms in total. The molecule has 3 unspecified atom stereocenters. The summed E-state index contributed by atoms with van der Waals surface area (Å²) in [6, 6.07) is 2.64. The van der Waals surface area contributed by atoms with Gasteiger partial charge in [0.15, 0.2) is 5.78 Å². The van der Waals surface area contributed by atoms with E-state index in [1.54, 1.807) is 0 Å². The SMILES string of the molecule is C=C1CC2C(=CC[C@@]3(C)C2CC[C@@]3(C#N)C(Cl)[Si](C)(C)OO)[C@@]2(C)CCC(=O)C=C12. The largest absolute Gasteiger partial charge is 0.295 e. The van der Waals surface area contributed by atoms with Crippen LogP contribution in [0.4, 0.5) is 0 Å². The van der Waals surface area contributed by atoms with Crippen molar-refractivity contribution in [2.75, 3.05) is 0 Å². The lowest BCUT2D eigenvalue weighted by Gasteiger charge is -2.56. The molecule has 6 heteroatoms. The van der Waals surface area contributed by atoms with Crippen LogP contribution in [0, 0.1) is 39.4 Å². The summed E-state index contributed by atoms with van der Waals surface area (Å²) < 4.78 is 4.87. The molecule has 0 aliphatic heterocycles. The van der Waals surface area contributed by atoms with Gasteiger partial charge in [0.1, 0.15) is 0 Å². The summed E-state index contributed by atoms with van der Waals surface area (Å²) >= 11 is 6.97. The second-order valence-corrected chi connectivity index (χ2v) is 15.6.